The molecule has 2 heterocycles. The Bertz CT molecular complexity index is 1560. The number of hydrogen-bond donors (Lipinski definition) is 1. The van der Waals surface area contributed by atoms with Gasteiger partial charge >= 0.3 is 5.97 Å². The summed E-state index contributed by atoms with van der Waals surface area (Å²) in [6, 6.07) is 11.3. The topological polar surface area (TPSA) is 111 Å². The number of esters is 1. The average Bonchev–Trinajstić information content (AvgIpc) is 3.03. The van der Waals surface area contributed by atoms with Gasteiger partial charge < -0.3 is 19.1 Å². The summed E-state index contributed by atoms with van der Waals surface area (Å²) in [4.78, 5) is 27.8. The number of rotatable bonds is 6. The zero-order chi connectivity index (χ0) is 34.1. The summed E-state index contributed by atoms with van der Waals surface area (Å²) in [5, 5.41) is 0.0103. The Morgan fingerprint density at radius 2 is 1.92 bits per heavy atom. The van der Waals surface area contributed by atoms with Crippen molar-refractivity contribution in [3.05, 3.63) is 70.3 Å². The minimum atomic E-state index is -3.92. The summed E-state index contributed by atoms with van der Waals surface area (Å²) in [7, 11) is -3.92. The van der Waals surface area contributed by atoms with Crippen LogP contribution in [-0.4, -0.2) is 64.6 Å². The molecule has 0 aromatic heterocycles. The Hall–Kier alpha value is -3.08. The van der Waals surface area contributed by atoms with E-state index in [0.29, 0.717) is 50.6 Å². The van der Waals surface area contributed by atoms with Gasteiger partial charge in [-0.05, 0) is 112 Å². The van der Waals surface area contributed by atoms with Gasteiger partial charge in [-0.15, -0.1) is 0 Å². The van der Waals surface area contributed by atoms with E-state index in [9.17, 15) is 18.0 Å². The van der Waals surface area contributed by atoms with Gasteiger partial charge in [0.25, 0.3) is 5.91 Å². The van der Waals surface area contributed by atoms with E-state index in [0.717, 1.165) is 55.9 Å². The number of hydrogen-bond acceptors (Lipinski definition) is 8. The molecule has 1 aliphatic carbocycles. The fourth-order valence-electron chi connectivity index (χ4n) is 7.03. The van der Waals surface area contributed by atoms with Crippen LogP contribution in [-0.2, 0) is 37.1 Å². The third-order valence-corrected chi connectivity index (χ3v) is 12.0. The van der Waals surface area contributed by atoms with Crippen molar-refractivity contribution in [3.8, 4) is 5.75 Å². The fraction of sp³-hybridized carbons (Fsp3) is 0.568. The van der Waals surface area contributed by atoms with E-state index in [2.05, 4.69) is 21.8 Å². The van der Waals surface area contributed by atoms with Crippen molar-refractivity contribution >= 4 is 39.2 Å². The monoisotopic (exact) mass is 700 g/mol. The van der Waals surface area contributed by atoms with Gasteiger partial charge in [0.2, 0.25) is 10.0 Å². The molecule has 5 rings (SSSR count). The summed E-state index contributed by atoms with van der Waals surface area (Å²) in [6.07, 6.45) is 10.8. The molecular weight excluding hydrogens is 652 g/mol. The second kappa shape index (κ2) is 17.0. The highest BCUT2D eigenvalue weighted by atomic mass is 35.5. The first-order valence-corrected chi connectivity index (χ1v) is 19.4. The van der Waals surface area contributed by atoms with E-state index in [1.54, 1.807) is 25.1 Å². The van der Waals surface area contributed by atoms with E-state index < -0.39 is 21.2 Å². The number of anilines is 1. The molecular formula is C37H49ClN2O7S. The van der Waals surface area contributed by atoms with Crippen LogP contribution in [0.1, 0.15) is 86.7 Å². The third-order valence-electron chi connectivity index (χ3n) is 9.87. The lowest BCUT2D eigenvalue weighted by Crippen LogP contribution is -2.44. The number of halogens is 1. The Balaban J connectivity index is 1.47. The van der Waals surface area contributed by atoms with Gasteiger partial charge in [-0.3, -0.25) is 9.59 Å². The van der Waals surface area contributed by atoms with Gasteiger partial charge in [0, 0.05) is 30.1 Å². The molecule has 1 fully saturated rings. The van der Waals surface area contributed by atoms with E-state index in [1.165, 1.54) is 11.1 Å². The molecule has 3 aliphatic rings. The summed E-state index contributed by atoms with van der Waals surface area (Å²) < 4.78 is 46.9. The molecule has 2 aromatic rings. The number of ether oxygens (including phenoxy) is 3. The number of amides is 1. The molecule has 262 valence electrons. The van der Waals surface area contributed by atoms with E-state index >= 15 is 0 Å². The lowest BCUT2D eigenvalue weighted by molar-refractivity contribution is -0.145. The largest absolute Gasteiger partial charge is 0.491 e. The molecule has 4 atom stereocenters. The molecule has 0 spiro atoms. The van der Waals surface area contributed by atoms with Gasteiger partial charge in [-0.2, -0.15) is 0 Å². The normalized spacial score (nSPS) is 25.4. The zero-order valence-electron chi connectivity index (χ0n) is 28.1. The Morgan fingerprint density at radius 3 is 2.69 bits per heavy atom. The van der Waals surface area contributed by atoms with Crippen LogP contribution in [0.4, 0.5) is 5.69 Å². The molecule has 11 heteroatoms. The minimum absolute atomic E-state index is 0.180. The van der Waals surface area contributed by atoms with Crippen molar-refractivity contribution in [2.24, 2.45) is 11.8 Å². The maximum atomic E-state index is 13.5. The highest BCUT2D eigenvalue weighted by Crippen LogP contribution is 2.41. The number of fused-ring (bicyclic) bond motifs is 3. The molecule has 0 saturated heterocycles. The number of carbonyl (C=O) groups excluding carboxylic acids is 2. The molecule has 1 amide bonds. The molecule has 48 heavy (non-hydrogen) atoms. The molecule has 9 nitrogen and oxygen atoms in total. The van der Waals surface area contributed by atoms with Crippen LogP contribution in [0.3, 0.4) is 0 Å². The minimum Gasteiger partial charge on any atom is -0.491 e. The van der Waals surface area contributed by atoms with Crippen LogP contribution < -0.4 is 14.4 Å². The van der Waals surface area contributed by atoms with Crippen molar-refractivity contribution in [2.75, 3.05) is 37.8 Å². The van der Waals surface area contributed by atoms with E-state index in [4.69, 9.17) is 25.8 Å². The zero-order valence-corrected chi connectivity index (χ0v) is 29.7. The summed E-state index contributed by atoms with van der Waals surface area (Å²) in [6.45, 7) is 6.11. The number of aryl methyl sites for hydroxylation is 1. The SMILES string of the molecule is CCOC(=O)CCO[C@H]1/C=C/CC[C@@H](CC)S(=O)(=O)NC(=O)c2ccc3c(c2)N(CCCCc2cc(Cl)ccc2CCO3)C[C@@H]2CC[C@H]21. The van der Waals surface area contributed by atoms with Gasteiger partial charge in [0.05, 0.1) is 43.3 Å². The molecule has 0 radical (unpaired) electrons. The van der Waals surface area contributed by atoms with Crippen molar-refractivity contribution in [2.45, 2.75) is 89.4 Å². The lowest BCUT2D eigenvalue weighted by atomic mass is 9.70. The molecule has 1 saturated carbocycles. The van der Waals surface area contributed by atoms with Crippen molar-refractivity contribution in [3.63, 3.8) is 0 Å². The number of carbonyl (C=O) groups is 2. The second-order valence-corrected chi connectivity index (χ2v) is 15.4. The lowest BCUT2D eigenvalue weighted by Gasteiger charge is -2.44. The molecule has 2 bridgehead atoms. The van der Waals surface area contributed by atoms with Gasteiger partial charge in [-0.1, -0.05) is 36.7 Å². The number of nitrogens with one attached hydrogen (secondary N) is 1. The van der Waals surface area contributed by atoms with Gasteiger partial charge in [-0.25, -0.2) is 13.1 Å². The van der Waals surface area contributed by atoms with Crippen LogP contribution in [0.2, 0.25) is 5.02 Å². The third kappa shape index (κ3) is 9.33. The molecule has 1 N–H and O–H groups in total. The van der Waals surface area contributed by atoms with E-state index in [1.807, 2.05) is 25.1 Å². The van der Waals surface area contributed by atoms with Crippen LogP contribution in [0.15, 0.2) is 48.6 Å². The van der Waals surface area contributed by atoms with Crippen molar-refractivity contribution in [1.29, 1.82) is 0 Å². The summed E-state index contributed by atoms with van der Waals surface area (Å²) >= 11 is 6.36. The predicted octanol–water partition coefficient (Wildman–Crippen LogP) is 6.66. The average molecular weight is 701 g/mol. The summed E-state index contributed by atoms with van der Waals surface area (Å²) in [5.74, 6) is 0.294. The first-order chi connectivity index (χ1) is 23.2. The molecule has 2 aliphatic heterocycles. The van der Waals surface area contributed by atoms with Crippen molar-refractivity contribution in [1.82, 2.24) is 4.72 Å². The van der Waals surface area contributed by atoms with Gasteiger partial charge in [0.1, 0.15) is 5.75 Å². The maximum absolute atomic E-state index is 13.5. The van der Waals surface area contributed by atoms with Gasteiger partial charge in [0.15, 0.2) is 0 Å². The van der Waals surface area contributed by atoms with Crippen LogP contribution in [0.5, 0.6) is 5.75 Å². The van der Waals surface area contributed by atoms with E-state index in [-0.39, 0.29) is 36.6 Å². The predicted molar refractivity (Wildman–Crippen MR) is 188 cm³/mol. The standard InChI is InChI=1S/C37H49ClN2O7S/c1-3-31-10-5-6-11-34(46-22-19-36(41)45-4-2)32-16-13-29(32)25-40-20-8-7-9-27-23-30(38)15-12-26(27)18-21-47-35-17-14-28(24-33(35)40)37(42)39-48(31,43)44/h6,11-12,14-15,17,23-24,29,31-32,34H,3-5,7-10,13,16,18-22,25H2,1-2H3,(H,39,42)/b11-6+/t29-,31+,32+,34-/m0/s1. The van der Waals surface area contributed by atoms with Crippen LogP contribution in [0.25, 0.3) is 0 Å². The van der Waals surface area contributed by atoms with Crippen LogP contribution in [0, 0.1) is 11.8 Å². The van der Waals surface area contributed by atoms with Crippen molar-refractivity contribution < 1.29 is 32.2 Å². The van der Waals surface area contributed by atoms with Crippen LogP contribution >= 0.6 is 11.6 Å². The summed E-state index contributed by atoms with van der Waals surface area (Å²) in [5.41, 5.74) is 3.53. The number of nitrogens with zero attached hydrogens (tertiary/aromatic N) is 1. The Kier molecular flexibility index (Phi) is 12.8. The first-order valence-electron chi connectivity index (χ1n) is 17.5. The maximum Gasteiger partial charge on any atom is 0.308 e. The molecule has 2 aromatic carbocycles. The quantitative estimate of drug-likeness (QED) is 0.263. The fourth-order valence-corrected chi connectivity index (χ4v) is 8.65. The Morgan fingerprint density at radius 1 is 1.06 bits per heavy atom. The highest BCUT2D eigenvalue weighted by molar-refractivity contribution is 7.90. The molecule has 0 unspecified atom stereocenters. The number of benzene rings is 2. The first kappa shape index (κ1) is 36.2. The second-order valence-electron chi connectivity index (χ2n) is 13.0. The highest BCUT2D eigenvalue weighted by Gasteiger charge is 2.38. The number of allylic oxidation sites excluding steroid dienone is 1. The number of sulfonamides is 1. The Labute approximate surface area is 290 Å². The smallest absolute Gasteiger partial charge is 0.308 e.